The van der Waals surface area contributed by atoms with Crippen LogP contribution in [0.3, 0.4) is 0 Å². The molecule has 0 radical (unpaired) electrons. The summed E-state index contributed by atoms with van der Waals surface area (Å²) in [5, 5.41) is 7.82. The highest BCUT2D eigenvalue weighted by Crippen LogP contribution is 2.20. The summed E-state index contributed by atoms with van der Waals surface area (Å²) in [5.74, 6) is 0. The van der Waals surface area contributed by atoms with Gasteiger partial charge < -0.3 is 10.1 Å². The van der Waals surface area contributed by atoms with Crippen LogP contribution in [-0.2, 0) is 4.74 Å². The number of hydrogen-bond donors (Lipinski definition) is 1. The fraction of sp³-hybridized carbons (Fsp3) is 0.294. The van der Waals surface area contributed by atoms with Crippen molar-refractivity contribution in [3.8, 4) is 5.69 Å². The van der Waals surface area contributed by atoms with Gasteiger partial charge in [0.05, 0.1) is 30.8 Å². The Morgan fingerprint density at radius 3 is 2.83 bits per heavy atom. The maximum absolute atomic E-state index is 12.4. The first-order valence-electron chi connectivity index (χ1n) is 7.40. The van der Waals surface area contributed by atoms with Crippen LogP contribution >= 0.6 is 23.2 Å². The van der Waals surface area contributed by atoms with E-state index in [2.05, 4.69) is 17.0 Å². The maximum Gasteiger partial charge on any atom is 0.292 e. The Hall–Kier alpha value is -1.82. The van der Waals surface area contributed by atoms with E-state index in [1.807, 2.05) is 19.9 Å². The molecule has 7 heteroatoms. The number of hydrogen-bond acceptors (Lipinski definition) is 4. The van der Waals surface area contributed by atoms with E-state index in [0.717, 1.165) is 11.1 Å². The molecule has 1 aromatic heterocycles. The summed E-state index contributed by atoms with van der Waals surface area (Å²) in [6.45, 7) is 9.02. The Morgan fingerprint density at radius 1 is 1.42 bits per heavy atom. The summed E-state index contributed by atoms with van der Waals surface area (Å²) >= 11 is 12.3. The van der Waals surface area contributed by atoms with Gasteiger partial charge in [0.15, 0.2) is 0 Å². The number of ether oxygens (including phenoxy) is 1. The molecule has 0 spiro atoms. The van der Waals surface area contributed by atoms with Crippen LogP contribution in [0, 0.1) is 6.92 Å². The van der Waals surface area contributed by atoms with Crippen LogP contribution in [0.15, 0.2) is 41.3 Å². The monoisotopic (exact) mass is 367 g/mol. The molecule has 0 aliphatic heterocycles. The first-order chi connectivity index (χ1) is 11.4. The number of rotatable bonds is 7. The van der Waals surface area contributed by atoms with Gasteiger partial charge >= 0.3 is 0 Å². The normalized spacial score (nSPS) is 10.7. The van der Waals surface area contributed by atoms with Gasteiger partial charge in [0, 0.05) is 11.6 Å². The van der Waals surface area contributed by atoms with Gasteiger partial charge in [0.2, 0.25) is 0 Å². The van der Waals surface area contributed by atoms with Crippen molar-refractivity contribution in [2.45, 2.75) is 13.8 Å². The average Bonchev–Trinajstić information content (AvgIpc) is 2.53. The van der Waals surface area contributed by atoms with E-state index >= 15 is 0 Å². The molecule has 1 heterocycles. The Kier molecular flexibility index (Phi) is 6.43. The summed E-state index contributed by atoms with van der Waals surface area (Å²) < 4.78 is 6.60. The van der Waals surface area contributed by atoms with Gasteiger partial charge in [0.1, 0.15) is 5.02 Å². The molecule has 1 aromatic carbocycles. The molecule has 128 valence electrons. The zero-order chi connectivity index (χ0) is 17.7. The van der Waals surface area contributed by atoms with Gasteiger partial charge in [0.25, 0.3) is 5.56 Å². The summed E-state index contributed by atoms with van der Waals surface area (Å²) in [7, 11) is 0. The number of halogens is 2. The van der Waals surface area contributed by atoms with Crippen molar-refractivity contribution >= 4 is 28.9 Å². The highest BCUT2D eigenvalue weighted by atomic mass is 35.5. The highest BCUT2D eigenvalue weighted by molar-refractivity contribution is 6.33. The first-order valence-corrected chi connectivity index (χ1v) is 8.16. The van der Waals surface area contributed by atoms with Crippen molar-refractivity contribution in [1.29, 1.82) is 0 Å². The molecule has 0 saturated carbocycles. The number of nitrogens with zero attached hydrogens (tertiary/aromatic N) is 2. The van der Waals surface area contributed by atoms with Gasteiger partial charge in [-0.2, -0.15) is 9.78 Å². The lowest BCUT2D eigenvalue weighted by Gasteiger charge is -2.11. The Labute approximate surface area is 150 Å². The van der Waals surface area contributed by atoms with Gasteiger partial charge in [-0.05, 0) is 31.5 Å². The second-order valence-corrected chi connectivity index (χ2v) is 6.24. The average molecular weight is 368 g/mol. The van der Waals surface area contributed by atoms with Crippen LogP contribution in [-0.4, -0.2) is 29.5 Å². The minimum absolute atomic E-state index is 0.0709. The van der Waals surface area contributed by atoms with E-state index in [4.69, 9.17) is 27.9 Å². The standard InChI is InChI=1S/C17H19Cl2N3O2/c1-11(2)10-24-7-6-20-15-9-21-22(17(23)16(15)19)13-5-4-12(3)14(18)8-13/h4-5,8-9,20H,1,6-7,10H2,2-3H3. The second kappa shape index (κ2) is 8.33. The molecule has 2 aromatic rings. The molecule has 0 aliphatic carbocycles. The molecule has 0 atom stereocenters. The SMILES string of the molecule is C=C(C)COCCNc1cnn(-c2ccc(C)c(Cl)c2)c(=O)c1Cl. The van der Waals surface area contributed by atoms with Crippen LogP contribution in [0.2, 0.25) is 10.0 Å². The summed E-state index contributed by atoms with van der Waals surface area (Å²) in [4.78, 5) is 12.4. The van der Waals surface area contributed by atoms with Crippen molar-refractivity contribution in [2.75, 3.05) is 25.1 Å². The first kappa shape index (κ1) is 18.5. The van der Waals surface area contributed by atoms with Crippen molar-refractivity contribution in [3.05, 3.63) is 62.5 Å². The number of benzene rings is 1. The minimum Gasteiger partial charge on any atom is -0.380 e. The van der Waals surface area contributed by atoms with Crippen molar-refractivity contribution in [2.24, 2.45) is 0 Å². The third-order valence-corrected chi connectivity index (χ3v) is 4.00. The Bertz CT molecular complexity index is 803. The molecule has 1 N–H and O–H groups in total. The van der Waals surface area contributed by atoms with E-state index in [0.29, 0.717) is 36.2 Å². The van der Waals surface area contributed by atoms with E-state index in [-0.39, 0.29) is 5.02 Å². The predicted molar refractivity (Wildman–Crippen MR) is 98.7 cm³/mol. The van der Waals surface area contributed by atoms with Gasteiger partial charge in [-0.3, -0.25) is 4.79 Å². The molecular formula is C17H19Cl2N3O2. The molecule has 5 nitrogen and oxygen atoms in total. The van der Waals surface area contributed by atoms with Gasteiger partial charge in [-0.25, -0.2) is 0 Å². The van der Waals surface area contributed by atoms with Crippen molar-refractivity contribution in [1.82, 2.24) is 9.78 Å². The zero-order valence-electron chi connectivity index (χ0n) is 13.6. The molecule has 0 aliphatic rings. The lowest BCUT2D eigenvalue weighted by Crippen LogP contribution is -2.23. The van der Waals surface area contributed by atoms with Crippen molar-refractivity contribution < 1.29 is 4.74 Å². The Morgan fingerprint density at radius 2 is 2.17 bits per heavy atom. The predicted octanol–water partition coefficient (Wildman–Crippen LogP) is 3.85. The van der Waals surface area contributed by atoms with Gasteiger partial charge in [-0.1, -0.05) is 41.4 Å². The smallest absolute Gasteiger partial charge is 0.292 e. The van der Waals surface area contributed by atoms with Gasteiger partial charge in [-0.15, -0.1) is 0 Å². The fourth-order valence-electron chi connectivity index (χ4n) is 1.96. The molecule has 0 unspecified atom stereocenters. The van der Waals surface area contributed by atoms with Crippen LogP contribution in [0.25, 0.3) is 5.69 Å². The molecule has 0 amide bonds. The van der Waals surface area contributed by atoms with Crippen LogP contribution in [0.4, 0.5) is 5.69 Å². The van der Waals surface area contributed by atoms with E-state index in [9.17, 15) is 4.79 Å². The summed E-state index contributed by atoms with van der Waals surface area (Å²) in [6, 6.07) is 5.27. The molecule has 0 bridgehead atoms. The molecule has 2 rings (SSSR count). The third-order valence-electron chi connectivity index (χ3n) is 3.23. The van der Waals surface area contributed by atoms with E-state index in [1.54, 1.807) is 12.1 Å². The fourth-order valence-corrected chi connectivity index (χ4v) is 2.33. The lowest BCUT2D eigenvalue weighted by atomic mass is 10.2. The van der Waals surface area contributed by atoms with Crippen molar-refractivity contribution in [3.63, 3.8) is 0 Å². The molecule has 0 fully saturated rings. The lowest BCUT2D eigenvalue weighted by molar-refractivity contribution is 0.167. The van der Waals surface area contributed by atoms with Crippen LogP contribution in [0.1, 0.15) is 12.5 Å². The Balaban J connectivity index is 2.12. The van der Waals surface area contributed by atoms with E-state index < -0.39 is 5.56 Å². The third kappa shape index (κ3) is 4.60. The molecular weight excluding hydrogens is 349 g/mol. The molecule has 0 saturated heterocycles. The number of nitrogens with one attached hydrogen (secondary N) is 1. The zero-order valence-corrected chi connectivity index (χ0v) is 15.1. The largest absolute Gasteiger partial charge is 0.380 e. The number of aromatic nitrogens is 2. The van der Waals surface area contributed by atoms with E-state index in [1.165, 1.54) is 10.9 Å². The number of aryl methyl sites for hydroxylation is 1. The maximum atomic E-state index is 12.4. The second-order valence-electron chi connectivity index (χ2n) is 5.46. The quantitative estimate of drug-likeness (QED) is 0.596. The topological polar surface area (TPSA) is 56.1 Å². The highest BCUT2D eigenvalue weighted by Gasteiger charge is 2.11. The molecule has 24 heavy (non-hydrogen) atoms. The van der Waals surface area contributed by atoms with Crippen LogP contribution in [0.5, 0.6) is 0 Å². The van der Waals surface area contributed by atoms with Crippen LogP contribution < -0.4 is 10.9 Å². The summed E-state index contributed by atoms with van der Waals surface area (Å²) in [5.41, 5.74) is 2.50. The summed E-state index contributed by atoms with van der Waals surface area (Å²) in [6.07, 6.45) is 1.51. The minimum atomic E-state index is -0.413. The number of anilines is 1.